The first-order valence-corrected chi connectivity index (χ1v) is 16.4. The van der Waals surface area contributed by atoms with Crippen LogP contribution < -0.4 is 0 Å². The predicted molar refractivity (Wildman–Crippen MR) is 141 cm³/mol. The summed E-state index contributed by atoms with van der Waals surface area (Å²) in [7, 11) is -2.10. The Kier molecular flexibility index (Phi) is 19.7. The zero-order chi connectivity index (χ0) is 23.4. The summed E-state index contributed by atoms with van der Waals surface area (Å²) in [4.78, 5) is 12.7. The van der Waals surface area contributed by atoms with E-state index in [0.717, 1.165) is 12.1 Å². The van der Waals surface area contributed by atoms with E-state index in [1.807, 2.05) is 6.92 Å². The van der Waals surface area contributed by atoms with E-state index >= 15 is 0 Å². The Morgan fingerprint density at radius 1 is 0.742 bits per heavy atom. The van der Waals surface area contributed by atoms with Crippen LogP contribution in [0.5, 0.6) is 0 Å². The highest BCUT2D eigenvalue weighted by Crippen LogP contribution is 2.35. The average molecular weight is 453 g/mol. The van der Waals surface area contributed by atoms with Crippen LogP contribution in [0.4, 0.5) is 0 Å². The molecule has 1 unspecified atom stereocenters. The summed E-state index contributed by atoms with van der Waals surface area (Å²) in [5.41, 5.74) is 0.573. The molecule has 31 heavy (non-hydrogen) atoms. The fourth-order valence-corrected chi connectivity index (χ4v) is 9.53. The first-order valence-electron chi connectivity index (χ1n) is 13.8. The van der Waals surface area contributed by atoms with Gasteiger partial charge in [-0.1, -0.05) is 137 Å². The quantitative estimate of drug-likeness (QED) is 0.0927. The van der Waals surface area contributed by atoms with Crippen molar-refractivity contribution in [1.29, 1.82) is 0 Å². The highest BCUT2D eigenvalue weighted by Gasteiger charge is 2.39. The molecule has 3 heteroatoms. The zero-order valence-electron chi connectivity index (χ0n) is 22.0. The third-order valence-electron chi connectivity index (χ3n) is 6.83. The minimum absolute atomic E-state index is 0.117. The van der Waals surface area contributed by atoms with Crippen molar-refractivity contribution in [3.63, 3.8) is 0 Å². The molecule has 0 bridgehead atoms. The van der Waals surface area contributed by atoms with Gasteiger partial charge in [0.25, 0.3) is 8.32 Å². The van der Waals surface area contributed by atoms with Crippen molar-refractivity contribution in [3.8, 4) is 0 Å². The van der Waals surface area contributed by atoms with Gasteiger partial charge in [0, 0.05) is 5.57 Å². The molecular weight excluding hydrogens is 396 g/mol. The fourth-order valence-electron chi connectivity index (χ4n) is 4.68. The Hall–Kier alpha value is -0.573. The number of unbranched alkanes of at least 4 members (excludes halogenated alkanes) is 11. The van der Waals surface area contributed by atoms with E-state index in [1.165, 1.54) is 109 Å². The van der Waals surface area contributed by atoms with Gasteiger partial charge < -0.3 is 4.43 Å². The van der Waals surface area contributed by atoms with Crippen molar-refractivity contribution >= 4 is 14.3 Å². The summed E-state index contributed by atoms with van der Waals surface area (Å²) in [6, 6.07) is 3.50. The Morgan fingerprint density at radius 3 is 1.61 bits per heavy atom. The van der Waals surface area contributed by atoms with Crippen molar-refractivity contribution in [2.45, 2.75) is 155 Å². The molecule has 0 N–H and O–H groups in total. The van der Waals surface area contributed by atoms with Gasteiger partial charge in [0.2, 0.25) is 0 Å². The molecule has 0 rings (SSSR count). The Balaban J connectivity index is 5.21. The van der Waals surface area contributed by atoms with Gasteiger partial charge in [0.1, 0.15) is 0 Å². The van der Waals surface area contributed by atoms with Crippen molar-refractivity contribution in [2.24, 2.45) is 5.92 Å². The summed E-state index contributed by atoms with van der Waals surface area (Å²) < 4.78 is 6.47. The number of hydrogen-bond acceptors (Lipinski definition) is 2. The molecule has 0 aliphatic heterocycles. The molecule has 0 aromatic heterocycles. The lowest BCUT2D eigenvalue weighted by Crippen LogP contribution is -2.42. The van der Waals surface area contributed by atoms with Crippen LogP contribution in [0.3, 0.4) is 0 Å². The standard InChI is InChI=1S/C28H56O2Si/c1-7-11-14-16-18-20-23-31(30-28(29)26(5)6,24-21-19-17-15-12-8-2)25-27(10-4)22-13-9-3/h27H,5,7-25H2,1-4,6H3. The van der Waals surface area contributed by atoms with E-state index in [4.69, 9.17) is 4.43 Å². The summed E-state index contributed by atoms with van der Waals surface area (Å²) in [5, 5.41) is 0. The normalized spacial score (nSPS) is 12.7. The van der Waals surface area contributed by atoms with Gasteiger partial charge >= 0.3 is 5.97 Å². The van der Waals surface area contributed by atoms with Crippen molar-refractivity contribution < 1.29 is 9.22 Å². The molecule has 0 spiro atoms. The van der Waals surface area contributed by atoms with E-state index in [-0.39, 0.29) is 5.97 Å². The maximum Gasteiger partial charge on any atom is 0.319 e. The number of carbonyl (C=O) groups excluding carboxylic acids is 1. The third kappa shape index (κ3) is 15.8. The highest BCUT2D eigenvalue weighted by molar-refractivity contribution is 6.75. The lowest BCUT2D eigenvalue weighted by Gasteiger charge is -2.34. The van der Waals surface area contributed by atoms with Crippen LogP contribution in [0.2, 0.25) is 18.1 Å². The molecule has 0 amide bonds. The van der Waals surface area contributed by atoms with Crippen molar-refractivity contribution in [3.05, 3.63) is 12.2 Å². The summed E-state index contributed by atoms with van der Waals surface area (Å²) in [6.07, 6.45) is 20.8. The summed E-state index contributed by atoms with van der Waals surface area (Å²) in [5.74, 6) is 0.596. The van der Waals surface area contributed by atoms with Gasteiger partial charge in [-0.25, -0.2) is 4.79 Å². The molecule has 0 aromatic rings. The molecule has 0 saturated carbocycles. The Morgan fingerprint density at radius 2 is 1.19 bits per heavy atom. The van der Waals surface area contributed by atoms with E-state index < -0.39 is 8.32 Å². The van der Waals surface area contributed by atoms with Gasteiger partial charge in [0.15, 0.2) is 0 Å². The van der Waals surface area contributed by atoms with Crippen molar-refractivity contribution in [2.75, 3.05) is 0 Å². The van der Waals surface area contributed by atoms with Gasteiger partial charge in [-0.05, 0) is 31.0 Å². The van der Waals surface area contributed by atoms with Gasteiger partial charge in [-0.2, -0.15) is 0 Å². The van der Waals surface area contributed by atoms with Gasteiger partial charge in [0.05, 0.1) is 0 Å². The molecule has 0 saturated heterocycles. The van der Waals surface area contributed by atoms with E-state index in [2.05, 4.69) is 34.3 Å². The van der Waals surface area contributed by atoms with Crippen LogP contribution in [0.15, 0.2) is 12.2 Å². The predicted octanol–water partition coefficient (Wildman–Crippen LogP) is 9.99. The highest BCUT2D eigenvalue weighted by atomic mass is 28.4. The lowest BCUT2D eigenvalue weighted by molar-refractivity contribution is -0.131. The van der Waals surface area contributed by atoms with Crippen LogP contribution in [-0.2, 0) is 9.22 Å². The summed E-state index contributed by atoms with van der Waals surface area (Å²) in [6.45, 7) is 14.9. The lowest BCUT2D eigenvalue weighted by atomic mass is 10.0. The largest absolute Gasteiger partial charge is 0.516 e. The first kappa shape index (κ1) is 30.4. The van der Waals surface area contributed by atoms with Crippen LogP contribution in [-0.4, -0.2) is 14.3 Å². The third-order valence-corrected chi connectivity index (χ3v) is 11.3. The van der Waals surface area contributed by atoms with Gasteiger partial charge in [-0.15, -0.1) is 0 Å². The zero-order valence-corrected chi connectivity index (χ0v) is 23.0. The van der Waals surface area contributed by atoms with E-state index in [9.17, 15) is 4.79 Å². The number of hydrogen-bond donors (Lipinski definition) is 0. The minimum Gasteiger partial charge on any atom is -0.516 e. The molecule has 0 heterocycles. The maximum absolute atomic E-state index is 12.7. The smallest absolute Gasteiger partial charge is 0.319 e. The minimum atomic E-state index is -2.10. The van der Waals surface area contributed by atoms with Crippen LogP contribution >= 0.6 is 0 Å². The second-order valence-electron chi connectivity index (χ2n) is 10.0. The molecule has 0 aliphatic rings. The SMILES string of the molecule is C=C(C)C(=O)O[Si](CCCCCCCC)(CCCCCCCC)CC(CC)CCCC. The monoisotopic (exact) mass is 452 g/mol. The van der Waals surface area contributed by atoms with Crippen LogP contribution in [0.1, 0.15) is 137 Å². The average Bonchev–Trinajstić information content (AvgIpc) is 2.75. The topological polar surface area (TPSA) is 26.3 Å². The number of rotatable bonds is 22. The molecular formula is C28H56O2Si. The second kappa shape index (κ2) is 20.1. The van der Waals surface area contributed by atoms with Gasteiger partial charge in [-0.3, -0.25) is 0 Å². The molecule has 0 radical (unpaired) electrons. The Bertz CT molecular complexity index is 430. The number of carbonyl (C=O) groups is 1. The molecule has 0 aromatic carbocycles. The van der Waals surface area contributed by atoms with E-state index in [0.29, 0.717) is 11.5 Å². The second-order valence-corrected chi connectivity index (χ2v) is 14.0. The molecule has 0 aliphatic carbocycles. The maximum atomic E-state index is 12.7. The van der Waals surface area contributed by atoms with Crippen LogP contribution in [0.25, 0.3) is 0 Å². The molecule has 184 valence electrons. The van der Waals surface area contributed by atoms with Crippen molar-refractivity contribution in [1.82, 2.24) is 0 Å². The fraction of sp³-hybridized carbons (Fsp3) is 0.893. The van der Waals surface area contributed by atoms with E-state index in [1.54, 1.807) is 0 Å². The first-order chi connectivity index (χ1) is 14.9. The van der Waals surface area contributed by atoms with Crippen LogP contribution in [0, 0.1) is 5.92 Å². The molecule has 1 atom stereocenters. The molecule has 0 fully saturated rings. The Labute approximate surface area is 197 Å². The molecule has 2 nitrogen and oxygen atoms in total. The summed E-state index contributed by atoms with van der Waals surface area (Å²) >= 11 is 0.